The van der Waals surface area contributed by atoms with Crippen LogP contribution in [-0.2, 0) is 32.6 Å². The van der Waals surface area contributed by atoms with E-state index in [1.54, 1.807) is 12.1 Å². The molecule has 1 atom stereocenters. The molecule has 8 heteroatoms. The summed E-state index contributed by atoms with van der Waals surface area (Å²) in [5.74, 6) is -1.51. The van der Waals surface area contributed by atoms with Crippen LogP contribution in [0.3, 0.4) is 0 Å². The van der Waals surface area contributed by atoms with Crippen LogP contribution in [-0.4, -0.2) is 34.8 Å². The lowest BCUT2D eigenvalue weighted by Gasteiger charge is -2.39. The molecule has 5 rings (SSSR count). The average Bonchev–Trinajstić information content (AvgIpc) is 3.07. The largest absolute Gasteiger partial charge is 0.480 e. The van der Waals surface area contributed by atoms with Gasteiger partial charge in [0.15, 0.2) is 0 Å². The minimum atomic E-state index is -1.09. The maximum atomic E-state index is 13.9. The van der Waals surface area contributed by atoms with Crippen LogP contribution >= 0.6 is 0 Å². The van der Waals surface area contributed by atoms with Crippen LogP contribution in [0.25, 0.3) is 0 Å². The highest BCUT2D eigenvalue weighted by Gasteiger charge is 2.45. The van der Waals surface area contributed by atoms with Crippen molar-refractivity contribution in [3.8, 4) is 0 Å². The fourth-order valence-corrected chi connectivity index (χ4v) is 6.23. The monoisotopic (exact) mass is 617 g/mol. The van der Waals surface area contributed by atoms with Gasteiger partial charge in [-0.05, 0) is 73.1 Å². The third-order valence-electron chi connectivity index (χ3n) is 8.93. The normalized spacial score (nSPS) is 18.2. The number of aryl methyl sites for hydroxylation is 1. The minimum absolute atomic E-state index is 0.104. The van der Waals surface area contributed by atoms with E-state index < -0.39 is 17.4 Å². The van der Waals surface area contributed by atoms with Crippen molar-refractivity contribution in [1.29, 1.82) is 0 Å². The second kappa shape index (κ2) is 14.7. The van der Waals surface area contributed by atoms with E-state index >= 15 is 0 Å². The molecule has 0 saturated heterocycles. The molecule has 4 aromatic rings. The molecule has 1 aliphatic carbocycles. The highest BCUT2D eigenvalue weighted by atomic mass is 16.4. The molecule has 1 fully saturated rings. The summed E-state index contributed by atoms with van der Waals surface area (Å²) < 4.78 is 0. The number of carbonyl (C=O) groups excluding carboxylic acids is 3. The zero-order valence-corrected chi connectivity index (χ0v) is 25.9. The average molecular weight is 618 g/mol. The van der Waals surface area contributed by atoms with E-state index in [2.05, 4.69) is 16.0 Å². The fraction of sp³-hybridized carbons (Fsp3) is 0.263. The van der Waals surface area contributed by atoms with Gasteiger partial charge in [-0.3, -0.25) is 9.59 Å². The second-order valence-electron chi connectivity index (χ2n) is 12.0. The quantitative estimate of drug-likeness (QED) is 0.149. The fourth-order valence-electron chi connectivity index (χ4n) is 6.23. The Balaban J connectivity index is 1.20. The first kappa shape index (κ1) is 32.2. The maximum absolute atomic E-state index is 13.9. The summed E-state index contributed by atoms with van der Waals surface area (Å²) in [7, 11) is 0. The van der Waals surface area contributed by atoms with Crippen LogP contribution in [0.2, 0.25) is 0 Å². The third kappa shape index (κ3) is 7.88. The standard InChI is InChI=1S/C38H39N3O5/c1-26-10-8-9-15-32(26)41-37(46)39-31-18-16-28(17-19-31)25-34(42)29-20-22-38(23-21-29,30-13-6-3-7-14-30)36(45)40-33(35(43)44)24-27-11-4-2-5-12-27/h2-19,29,33H,20-25H2,1H3,(H,40,45)(H,43,44)(H2,39,41,46)/t29?,33-,38?/m0/s1. The SMILES string of the molecule is Cc1ccccc1NC(=O)Nc1ccc(CC(=O)C2CCC(C(=O)N[C@@H](Cc3ccccc3)C(=O)O)(c3ccccc3)CC2)cc1. The Morgan fingerprint density at radius 2 is 1.37 bits per heavy atom. The smallest absolute Gasteiger partial charge is 0.326 e. The number of hydrogen-bond donors (Lipinski definition) is 4. The number of nitrogens with one attached hydrogen (secondary N) is 3. The van der Waals surface area contributed by atoms with Gasteiger partial charge in [0.2, 0.25) is 5.91 Å². The summed E-state index contributed by atoms with van der Waals surface area (Å²) in [6.07, 6.45) is 2.36. The number of para-hydroxylation sites is 1. The molecule has 0 spiro atoms. The zero-order valence-electron chi connectivity index (χ0n) is 25.9. The number of carboxylic acid groups (broad SMARTS) is 1. The van der Waals surface area contributed by atoms with Crippen LogP contribution in [0.1, 0.15) is 47.9 Å². The van der Waals surface area contributed by atoms with Crippen LogP contribution < -0.4 is 16.0 Å². The molecule has 0 aromatic heterocycles. The number of carboxylic acids is 1. The number of ketones is 1. The van der Waals surface area contributed by atoms with Gasteiger partial charge in [-0.2, -0.15) is 0 Å². The van der Waals surface area contributed by atoms with Gasteiger partial charge in [-0.15, -0.1) is 0 Å². The predicted molar refractivity (Wildman–Crippen MR) is 179 cm³/mol. The molecule has 3 amide bonds. The Labute approximate surface area is 269 Å². The molecule has 46 heavy (non-hydrogen) atoms. The van der Waals surface area contributed by atoms with Crippen LogP contribution in [0.5, 0.6) is 0 Å². The summed E-state index contributed by atoms with van der Waals surface area (Å²) >= 11 is 0. The van der Waals surface area contributed by atoms with Gasteiger partial charge in [0.25, 0.3) is 0 Å². The topological polar surface area (TPSA) is 125 Å². The summed E-state index contributed by atoms with van der Waals surface area (Å²) in [6, 6.07) is 32.1. The van der Waals surface area contributed by atoms with E-state index in [1.807, 2.05) is 104 Å². The molecule has 8 nitrogen and oxygen atoms in total. The molecule has 0 unspecified atom stereocenters. The lowest BCUT2D eigenvalue weighted by Crippen LogP contribution is -2.53. The number of aliphatic carboxylic acids is 1. The highest BCUT2D eigenvalue weighted by molar-refractivity contribution is 6.00. The van der Waals surface area contributed by atoms with Gasteiger partial charge in [0.1, 0.15) is 11.8 Å². The van der Waals surface area contributed by atoms with Crippen molar-refractivity contribution in [1.82, 2.24) is 5.32 Å². The molecule has 1 aliphatic rings. The summed E-state index contributed by atoms with van der Waals surface area (Å²) in [5.41, 5.74) is 3.89. The van der Waals surface area contributed by atoms with Crippen molar-refractivity contribution in [2.75, 3.05) is 10.6 Å². The van der Waals surface area contributed by atoms with E-state index in [1.165, 1.54) is 0 Å². The Kier molecular flexibility index (Phi) is 10.3. The number of hydrogen-bond acceptors (Lipinski definition) is 4. The van der Waals surface area contributed by atoms with Gasteiger partial charge in [0, 0.05) is 30.1 Å². The minimum Gasteiger partial charge on any atom is -0.480 e. The predicted octanol–water partition coefficient (Wildman–Crippen LogP) is 6.69. The van der Waals surface area contributed by atoms with Crippen LogP contribution in [0, 0.1) is 12.8 Å². The Bertz CT molecular complexity index is 1660. The van der Waals surface area contributed by atoms with Gasteiger partial charge < -0.3 is 21.1 Å². The maximum Gasteiger partial charge on any atom is 0.326 e. The van der Waals surface area contributed by atoms with Crippen LogP contribution in [0.15, 0.2) is 109 Å². The van der Waals surface area contributed by atoms with Gasteiger partial charge >= 0.3 is 12.0 Å². The first-order valence-corrected chi connectivity index (χ1v) is 15.6. The Morgan fingerprint density at radius 3 is 2.00 bits per heavy atom. The number of urea groups is 1. The Hall–Kier alpha value is -5.24. The van der Waals surface area contributed by atoms with Crippen molar-refractivity contribution < 1.29 is 24.3 Å². The van der Waals surface area contributed by atoms with Gasteiger partial charge in [0.05, 0.1) is 5.41 Å². The van der Waals surface area contributed by atoms with E-state index in [4.69, 9.17) is 0 Å². The van der Waals surface area contributed by atoms with Gasteiger partial charge in [-0.1, -0.05) is 91.0 Å². The number of benzene rings is 4. The van der Waals surface area contributed by atoms with E-state index in [-0.39, 0.29) is 36.5 Å². The van der Waals surface area contributed by atoms with E-state index in [0.29, 0.717) is 31.4 Å². The third-order valence-corrected chi connectivity index (χ3v) is 8.93. The summed E-state index contributed by atoms with van der Waals surface area (Å²) in [5, 5.41) is 18.4. The molecule has 1 saturated carbocycles. The van der Waals surface area contributed by atoms with Crippen molar-refractivity contribution in [2.24, 2.45) is 5.92 Å². The molecule has 4 aromatic carbocycles. The molecule has 0 aliphatic heterocycles. The van der Waals surface area contributed by atoms with Gasteiger partial charge in [-0.25, -0.2) is 9.59 Å². The van der Waals surface area contributed by atoms with E-state index in [9.17, 15) is 24.3 Å². The van der Waals surface area contributed by atoms with Crippen molar-refractivity contribution in [3.63, 3.8) is 0 Å². The highest BCUT2D eigenvalue weighted by Crippen LogP contribution is 2.42. The number of Topliss-reactive ketones (excluding diaryl/α,β-unsaturated/α-hetero) is 1. The number of rotatable bonds is 11. The molecular weight excluding hydrogens is 578 g/mol. The first-order valence-electron chi connectivity index (χ1n) is 15.6. The molecule has 0 bridgehead atoms. The number of amides is 3. The van der Waals surface area contributed by atoms with Crippen LogP contribution in [0.4, 0.5) is 16.2 Å². The van der Waals surface area contributed by atoms with Crippen molar-refractivity contribution in [2.45, 2.75) is 56.9 Å². The van der Waals surface area contributed by atoms with Crippen molar-refractivity contribution >= 4 is 35.1 Å². The van der Waals surface area contributed by atoms with Crippen molar-refractivity contribution in [3.05, 3.63) is 131 Å². The first-order chi connectivity index (χ1) is 22.2. The summed E-state index contributed by atoms with van der Waals surface area (Å²) in [6.45, 7) is 1.92. The lowest BCUT2D eigenvalue weighted by atomic mass is 9.65. The van der Waals surface area contributed by atoms with E-state index in [0.717, 1.165) is 27.9 Å². The molecule has 4 N–H and O–H groups in total. The molecule has 236 valence electrons. The molecule has 0 radical (unpaired) electrons. The summed E-state index contributed by atoms with van der Waals surface area (Å²) in [4.78, 5) is 51.9. The molecular formula is C38H39N3O5. The number of anilines is 2. The Morgan fingerprint density at radius 1 is 0.761 bits per heavy atom. The lowest BCUT2D eigenvalue weighted by molar-refractivity contribution is -0.143. The number of carbonyl (C=O) groups is 4. The molecule has 0 heterocycles. The zero-order chi connectivity index (χ0) is 32.5. The second-order valence-corrected chi connectivity index (χ2v) is 12.0.